The van der Waals surface area contributed by atoms with Crippen molar-refractivity contribution < 1.29 is 14.3 Å². The number of ether oxygens (including phenoxy) is 2. The summed E-state index contributed by atoms with van der Waals surface area (Å²) in [5.41, 5.74) is 7.07. The molecule has 2 aromatic carbocycles. The third kappa shape index (κ3) is 3.75. The van der Waals surface area contributed by atoms with Crippen LogP contribution in [0.1, 0.15) is 11.1 Å². The summed E-state index contributed by atoms with van der Waals surface area (Å²) in [5.74, 6) is 0.869. The normalized spacial score (nSPS) is 10.1. The van der Waals surface area contributed by atoms with Gasteiger partial charge in [-0.25, -0.2) is 0 Å². The predicted molar refractivity (Wildman–Crippen MR) is 76.7 cm³/mol. The first kappa shape index (κ1) is 13.9. The van der Waals surface area contributed by atoms with E-state index in [0.717, 1.165) is 11.1 Å². The van der Waals surface area contributed by atoms with Gasteiger partial charge in [0.15, 0.2) is 11.5 Å². The molecule has 0 fully saturated rings. The molecular weight excluding hydrogens is 254 g/mol. The van der Waals surface area contributed by atoms with Crippen LogP contribution in [0.3, 0.4) is 0 Å². The largest absolute Gasteiger partial charge is 0.493 e. The molecule has 0 saturated carbocycles. The molecule has 1 amide bonds. The number of amides is 1. The van der Waals surface area contributed by atoms with Gasteiger partial charge in [-0.2, -0.15) is 0 Å². The highest BCUT2D eigenvalue weighted by Crippen LogP contribution is 2.29. The molecule has 0 aliphatic carbocycles. The first-order valence-corrected chi connectivity index (χ1v) is 6.31. The topological polar surface area (TPSA) is 61.5 Å². The minimum absolute atomic E-state index is 0.186. The number of hydrogen-bond acceptors (Lipinski definition) is 3. The van der Waals surface area contributed by atoms with Crippen LogP contribution in [0.15, 0.2) is 48.5 Å². The first-order valence-electron chi connectivity index (χ1n) is 6.31. The van der Waals surface area contributed by atoms with E-state index < -0.39 is 0 Å². The third-order valence-electron chi connectivity index (χ3n) is 2.84. The van der Waals surface area contributed by atoms with Gasteiger partial charge >= 0.3 is 0 Å². The van der Waals surface area contributed by atoms with Crippen molar-refractivity contribution in [3.8, 4) is 11.5 Å². The fourth-order valence-corrected chi connectivity index (χ4v) is 1.88. The van der Waals surface area contributed by atoms with Crippen LogP contribution in [0.2, 0.25) is 0 Å². The van der Waals surface area contributed by atoms with Crippen molar-refractivity contribution in [3.05, 3.63) is 59.7 Å². The Morgan fingerprint density at radius 3 is 2.45 bits per heavy atom. The lowest BCUT2D eigenvalue weighted by Gasteiger charge is -2.12. The Morgan fingerprint density at radius 2 is 1.80 bits per heavy atom. The first-order chi connectivity index (χ1) is 9.69. The second-order valence-electron chi connectivity index (χ2n) is 4.40. The number of carbonyl (C=O) groups is 1. The van der Waals surface area contributed by atoms with Crippen LogP contribution >= 0.6 is 0 Å². The molecule has 4 heteroatoms. The molecule has 0 heterocycles. The minimum Gasteiger partial charge on any atom is -0.493 e. The van der Waals surface area contributed by atoms with E-state index in [0.29, 0.717) is 18.1 Å². The van der Waals surface area contributed by atoms with Gasteiger partial charge in [-0.3, -0.25) is 4.79 Å². The minimum atomic E-state index is -0.371. The van der Waals surface area contributed by atoms with Crippen molar-refractivity contribution in [3.63, 3.8) is 0 Å². The van der Waals surface area contributed by atoms with Gasteiger partial charge in [0.05, 0.1) is 13.5 Å². The summed E-state index contributed by atoms with van der Waals surface area (Å²) >= 11 is 0. The van der Waals surface area contributed by atoms with Crippen LogP contribution in [-0.2, 0) is 17.8 Å². The summed E-state index contributed by atoms with van der Waals surface area (Å²) in [4.78, 5) is 11.0. The third-order valence-corrected chi connectivity index (χ3v) is 2.84. The number of benzene rings is 2. The fraction of sp³-hybridized carbons (Fsp3) is 0.188. The molecule has 2 aromatic rings. The Labute approximate surface area is 118 Å². The van der Waals surface area contributed by atoms with Gasteiger partial charge in [-0.05, 0) is 23.3 Å². The van der Waals surface area contributed by atoms with E-state index in [4.69, 9.17) is 15.2 Å². The molecule has 0 unspecified atom stereocenters. The van der Waals surface area contributed by atoms with Crippen molar-refractivity contribution >= 4 is 5.91 Å². The van der Waals surface area contributed by atoms with Gasteiger partial charge in [0.1, 0.15) is 6.61 Å². The molecule has 0 atom stereocenters. The van der Waals surface area contributed by atoms with Gasteiger partial charge in [0.2, 0.25) is 5.91 Å². The lowest BCUT2D eigenvalue weighted by molar-refractivity contribution is -0.117. The quantitative estimate of drug-likeness (QED) is 0.877. The molecular formula is C16H17NO3. The maximum Gasteiger partial charge on any atom is 0.221 e. The molecule has 2 N–H and O–H groups in total. The SMILES string of the molecule is COc1ccc(CC(N)=O)cc1OCc1ccccc1. The lowest BCUT2D eigenvalue weighted by Crippen LogP contribution is -2.13. The summed E-state index contributed by atoms with van der Waals surface area (Å²) < 4.78 is 11.0. The van der Waals surface area contributed by atoms with Crippen LogP contribution in [0.25, 0.3) is 0 Å². The standard InChI is InChI=1S/C16H17NO3/c1-19-14-8-7-13(10-16(17)18)9-15(14)20-11-12-5-3-2-4-6-12/h2-9H,10-11H2,1H3,(H2,17,18). The van der Waals surface area contributed by atoms with Crippen LogP contribution in [0.5, 0.6) is 11.5 Å². The van der Waals surface area contributed by atoms with Crippen LogP contribution in [-0.4, -0.2) is 13.0 Å². The Kier molecular flexibility index (Phi) is 4.60. The van der Waals surface area contributed by atoms with E-state index in [1.165, 1.54) is 0 Å². The maximum absolute atomic E-state index is 11.0. The summed E-state index contributed by atoms with van der Waals surface area (Å²) in [6.07, 6.45) is 0.186. The van der Waals surface area contributed by atoms with Crippen molar-refractivity contribution in [2.24, 2.45) is 5.73 Å². The van der Waals surface area contributed by atoms with Gasteiger partial charge in [0.25, 0.3) is 0 Å². The highest BCUT2D eigenvalue weighted by Gasteiger charge is 2.07. The summed E-state index contributed by atoms with van der Waals surface area (Å²) in [7, 11) is 1.58. The van der Waals surface area contributed by atoms with E-state index in [1.54, 1.807) is 25.3 Å². The number of primary amides is 1. The number of carbonyl (C=O) groups excluding carboxylic acids is 1. The molecule has 0 aliphatic rings. The van der Waals surface area contributed by atoms with Gasteiger partial charge in [0, 0.05) is 0 Å². The molecule has 20 heavy (non-hydrogen) atoms. The average molecular weight is 271 g/mol. The smallest absolute Gasteiger partial charge is 0.221 e. The predicted octanol–water partition coefficient (Wildman–Crippen LogP) is 2.30. The second kappa shape index (κ2) is 6.61. The highest BCUT2D eigenvalue weighted by atomic mass is 16.5. The molecule has 0 bridgehead atoms. The molecule has 2 rings (SSSR count). The fourth-order valence-electron chi connectivity index (χ4n) is 1.88. The monoisotopic (exact) mass is 271 g/mol. The van der Waals surface area contributed by atoms with Crippen LogP contribution in [0.4, 0.5) is 0 Å². The van der Waals surface area contributed by atoms with Crippen LogP contribution in [0, 0.1) is 0 Å². The van der Waals surface area contributed by atoms with Crippen molar-refractivity contribution in [1.82, 2.24) is 0 Å². The lowest BCUT2D eigenvalue weighted by atomic mass is 10.1. The van der Waals surface area contributed by atoms with Gasteiger partial charge in [-0.15, -0.1) is 0 Å². The Morgan fingerprint density at radius 1 is 1.05 bits per heavy atom. The van der Waals surface area contributed by atoms with E-state index in [1.807, 2.05) is 30.3 Å². The Hall–Kier alpha value is -2.49. The van der Waals surface area contributed by atoms with E-state index in [2.05, 4.69) is 0 Å². The Bertz CT molecular complexity index is 582. The zero-order valence-electron chi connectivity index (χ0n) is 11.3. The maximum atomic E-state index is 11.0. The zero-order chi connectivity index (χ0) is 14.4. The van der Waals surface area contributed by atoms with E-state index >= 15 is 0 Å². The summed E-state index contributed by atoms with van der Waals surface area (Å²) in [5, 5.41) is 0. The second-order valence-corrected chi connectivity index (χ2v) is 4.40. The summed E-state index contributed by atoms with van der Waals surface area (Å²) in [6.45, 7) is 0.442. The Balaban J connectivity index is 2.13. The van der Waals surface area contributed by atoms with Crippen molar-refractivity contribution in [2.45, 2.75) is 13.0 Å². The van der Waals surface area contributed by atoms with Crippen molar-refractivity contribution in [2.75, 3.05) is 7.11 Å². The zero-order valence-corrected chi connectivity index (χ0v) is 11.3. The van der Waals surface area contributed by atoms with Gasteiger partial charge in [-0.1, -0.05) is 36.4 Å². The van der Waals surface area contributed by atoms with Crippen molar-refractivity contribution in [1.29, 1.82) is 0 Å². The van der Waals surface area contributed by atoms with E-state index in [9.17, 15) is 4.79 Å². The number of nitrogens with two attached hydrogens (primary N) is 1. The van der Waals surface area contributed by atoms with Crippen LogP contribution < -0.4 is 15.2 Å². The molecule has 104 valence electrons. The number of methoxy groups -OCH3 is 1. The number of hydrogen-bond donors (Lipinski definition) is 1. The number of rotatable bonds is 6. The highest BCUT2D eigenvalue weighted by molar-refractivity contribution is 5.76. The van der Waals surface area contributed by atoms with E-state index in [-0.39, 0.29) is 12.3 Å². The molecule has 0 aliphatic heterocycles. The summed E-state index contributed by atoms with van der Waals surface area (Å²) in [6, 6.07) is 15.2. The molecule has 4 nitrogen and oxygen atoms in total. The molecule has 0 radical (unpaired) electrons. The van der Waals surface area contributed by atoms with Gasteiger partial charge < -0.3 is 15.2 Å². The average Bonchev–Trinajstić information content (AvgIpc) is 2.46. The molecule has 0 saturated heterocycles. The molecule has 0 spiro atoms. The molecule has 0 aromatic heterocycles.